The molecule has 3 aliphatic rings. The van der Waals surface area contributed by atoms with Crippen LogP contribution in [0.2, 0.25) is 0 Å². The highest BCUT2D eigenvalue weighted by Crippen LogP contribution is 2.46. The van der Waals surface area contributed by atoms with Crippen LogP contribution in [0.4, 0.5) is 0 Å². The molecule has 2 heteroatoms. The van der Waals surface area contributed by atoms with Crippen molar-refractivity contribution in [2.75, 3.05) is 0 Å². The van der Waals surface area contributed by atoms with Crippen molar-refractivity contribution in [2.45, 2.75) is 71.8 Å². The number of carbonyl (C=O) groups excluding carboxylic acids is 1. The number of rotatable bonds is 2. The van der Waals surface area contributed by atoms with E-state index in [-0.39, 0.29) is 5.41 Å². The average Bonchev–Trinajstić information content (AvgIpc) is 2.30. The third-order valence-corrected chi connectivity index (χ3v) is 6.21. The summed E-state index contributed by atoms with van der Waals surface area (Å²) in [6.07, 6.45) is 8.82. The first kappa shape index (κ1) is 13.5. The van der Waals surface area contributed by atoms with E-state index in [1.165, 1.54) is 32.1 Å². The van der Waals surface area contributed by atoms with E-state index in [1.807, 2.05) is 0 Å². The van der Waals surface area contributed by atoms with Gasteiger partial charge in [-0.3, -0.25) is 4.79 Å². The van der Waals surface area contributed by atoms with Crippen LogP contribution in [0.25, 0.3) is 0 Å². The van der Waals surface area contributed by atoms with Crippen molar-refractivity contribution in [1.29, 1.82) is 0 Å². The van der Waals surface area contributed by atoms with Gasteiger partial charge < -0.3 is 5.32 Å². The molecule has 2 bridgehead atoms. The maximum atomic E-state index is 12.5. The van der Waals surface area contributed by atoms with Gasteiger partial charge in [0.1, 0.15) is 0 Å². The van der Waals surface area contributed by atoms with Crippen molar-refractivity contribution >= 4 is 5.91 Å². The summed E-state index contributed by atoms with van der Waals surface area (Å²) in [5.74, 6) is 3.53. The first-order valence-electron chi connectivity index (χ1n) is 8.29. The lowest BCUT2D eigenvalue weighted by Crippen LogP contribution is -2.55. The molecule has 1 N–H and O–H groups in total. The molecule has 0 aromatic heterocycles. The second-order valence-corrected chi connectivity index (χ2v) is 8.06. The normalized spacial score (nSPS) is 44.3. The summed E-state index contributed by atoms with van der Waals surface area (Å²) in [5.41, 5.74) is -0.0448. The Kier molecular flexibility index (Phi) is 3.39. The molecule has 0 aliphatic heterocycles. The minimum Gasteiger partial charge on any atom is -0.352 e. The van der Waals surface area contributed by atoms with E-state index in [2.05, 4.69) is 26.1 Å². The first-order chi connectivity index (χ1) is 8.98. The van der Waals surface area contributed by atoms with Crippen molar-refractivity contribution in [2.24, 2.45) is 29.1 Å². The van der Waals surface area contributed by atoms with Crippen LogP contribution in [0.1, 0.15) is 65.7 Å². The largest absolute Gasteiger partial charge is 0.352 e. The summed E-state index contributed by atoms with van der Waals surface area (Å²) in [6, 6.07) is 0.448. The standard InChI is InChI=1S/C17H29NO/c1-11-7-13-9-12(2)15(14(8-11)10-13)18-16(19)17(3)5-4-6-17/h11-15H,4-10H2,1-3H3,(H,18,19). The Hall–Kier alpha value is -0.530. The number of nitrogens with one attached hydrogen (secondary N) is 1. The average molecular weight is 263 g/mol. The Labute approximate surface area is 117 Å². The van der Waals surface area contributed by atoms with Gasteiger partial charge in [0.2, 0.25) is 5.91 Å². The first-order valence-corrected chi connectivity index (χ1v) is 8.29. The van der Waals surface area contributed by atoms with Crippen molar-refractivity contribution in [3.63, 3.8) is 0 Å². The second kappa shape index (κ2) is 4.79. The van der Waals surface area contributed by atoms with E-state index < -0.39 is 0 Å². The van der Waals surface area contributed by atoms with Gasteiger partial charge in [-0.1, -0.05) is 27.2 Å². The van der Waals surface area contributed by atoms with Crippen LogP contribution in [0.15, 0.2) is 0 Å². The van der Waals surface area contributed by atoms with Gasteiger partial charge in [0, 0.05) is 11.5 Å². The summed E-state index contributed by atoms with van der Waals surface area (Å²) in [4.78, 5) is 12.5. The van der Waals surface area contributed by atoms with Crippen LogP contribution >= 0.6 is 0 Å². The molecule has 0 aromatic carbocycles. The summed E-state index contributed by atoms with van der Waals surface area (Å²) in [5, 5.41) is 3.45. The van der Waals surface area contributed by atoms with Crippen molar-refractivity contribution in [1.82, 2.24) is 5.32 Å². The Bertz CT molecular complexity index is 356. The van der Waals surface area contributed by atoms with Crippen molar-refractivity contribution in [3.05, 3.63) is 0 Å². The quantitative estimate of drug-likeness (QED) is 0.807. The summed E-state index contributed by atoms with van der Waals surface area (Å²) >= 11 is 0. The van der Waals surface area contributed by atoms with Gasteiger partial charge in [-0.25, -0.2) is 0 Å². The highest BCUT2D eigenvalue weighted by atomic mass is 16.2. The molecule has 0 saturated heterocycles. The lowest BCUT2D eigenvalue weighted by atomic mass is 9.62. The van der Waals surface area contributed by atoms with E-state index in [4.69, 9.17) is 0 Å². The van der Waals surface area contributed by atoms with Gasteiger partial charge in [0.25, 0.3) is 0 Å². The third kappa shape index (κ3) is 2.43. The lowest BCUT2D eigenvalue weighted by Gasteiger charge is -2.48. The molecule has 5 unspecified atom stereocenters. The minimum absolute atomic E-state index is 0.0448. The van der Waals surface area contributed by atoms with Crippen LogP contribution in [0, 0.1) is 29.1 Å². The van der Waals surface area contributed by atoms with Gasteiger partial charge in [0.15, 0.2) is 0 Å². The predicted molar refractivity (Wildman–Crippen MR) is 77.7 cm³/mol. The zero-order valence-electron chi connectivity index (χ0n) is 12.7. The van der Waals surface area contributed by atoms with E-state index >= 15 is 0 Å². The maximum absolute atomic E-state index is 12.5. The SMILES string of the molecule is CC1CC2CC(C)C(NC(=O)C3(C)CCC3)C(C1)C2. The molecule has 0 heterocycles. The number of carbonyl (C=O) groups is 1. The van der Waals surface area contributed by atoms with Crippen molar-refractivity contribution in [3.8, 4) is 0 Å². The molecule has 1 amide bonds. The maximum Gasteiger partial charge on any atom is 0.226 e. The molecule has 0 radical (unpaired) electrons. The molecule has 3 fully saturated rings. The molecule has 19 heavy (non-hydrogen) atoms. The van der Waals surface area contributed by atoms with Gasteiger partial charge in [-0.2, -0.15) is 0 Å². The molecular weight excluding hydrogens is 234 g/mol. The molecule has 3 rings (SSSR count). The van der Waals surface area contributed by atoms with Crippen LogP contribution < -0.4 is 5.32 Å². The fourth-order valence-corrected chi connectivity index (χ4v) is 4.95. The highest BCUT2D eigenvalue weighted by Gasteiger charge is 2.44. The molecule has 3 saturated carbocycles. The second-order valence-electron chi connectivity index (χ2n) is 8.06. The number of amides is 1. The highest BCUT2D eigenvalue weighted by molar-refractivity contribution is 5.83. The molecule has 108 valence electrons. The Morgan fingerprint density at radius 3 is 2.47 bits per heavy atom. The third-order valence-electron chi connectivity index (χ3n) is 6.21. The summed E-state index contributed by atoms with van der Waals surface area (Å²) < 4.78 is 0. The topological polar surface area (TPSA) is 29.1 Å². The van der Waals surface area contributed by atoms with Crippen LogP contribution in [-0.4, -0.2) is 11.9 Å². The van der Waals surface area contributed by atoms with E-state index in [0.717, 1.165) is 30.6 Å². The van der Waals surface area contributed by atoms with Gasteiger partial charge in [-0.15, -0.1) is 0 Å². The van der Waals surface area contributed by atoms with Crippen LogP contribution in [0.3, 0.4) is 0 Å². The van der Waals surface area contributed by atoms with E-state index in [0.29, 0.717) is 17.9 Å². The predicted octanol–water partition coefficient (Wildman–Crippen LogP) is 3.75. The fraction of sp³-hybridized carbons (Fsp3) is 0.941. The fourth-order valence-electron chi connectivity index (χ4n) is 4.95. The van der Waals surface area contributed by atoms with Gasteiger partial charge in [-0.05, 0) is 62.2 Å². The number of fused-ring (bicyclic) bond motifs is 2. The molecule has 0 aromatic rings. The zero-order valence-corrected chi connectivity index (χ0v) is 12.7. The number of hydrogen-bond donors (Lipinski definition) is 1. The van der Waals surface area contributed by atoms with E-state index in [9.17, 15) is 4.79 Å². The Balaban J connectivity index is 1.67. The lowest BCUT2D eigenvalue weighted by molar-refractivity contribution is -0.137. The summed E-state index contributed by atoms with van der Waals surface area (Å²) in [6.45, 7) is 6.89. The van der Waals surface area contributed by atoms with Crippen LogP contribution in [0.5, 0.6) is 0 Å². The summed E-state index contributed by atoms with van der Waals surface area (Å²) in [7, 11) is 0. The molecule has 3 aliphatic carbocycles. The van der Waals surface area contributed by atoms with Gasteiger partial charge in [0.05, 0.1) is 0 Å². The molecule has 0 spiro atoms. The van der Waals surface area contributed by atoms with E-state index in [1.54, 1.807) is 0 Å². The number of hydrogen-bond acceptors (Lipinski definition) is 1. The molecular formula is C17H29NO. The Morgan fingerprint density at radius 1 is 1.11 bits per heavy atom. The van der Waals surface area contributed by atoms with Gasteiger partial charge >= 0.3 is 0 Å². The minimum atomic E-state index is -0.0448. The smallest absolute Gasteiger partial charge is 0.226 e. The zero-order chi connectivity index (χ0) is 13.6. The molecule has 5 atom stereocenters. The van der Waals surface area contributed by atoms with Crippen LogP contribution in [-0.2, 0) is 4.79 Å². The monoisotopic (exact) mass is 263 g/mol. The molecule has 2 nitrogen and oxygen atoms in total. The van der Waals surface area contributed by atoms with Crippen molar-refractivity contribution < 1.29 is 4.79 Å². The Morgan fingerprint density at radius 2 is 1.84 bits per heavy atom.